The van der Waals surface area contributed by atoms with E-state index >= 15 is 0 Å². The molecule has 0 spiro atoms. The number of amidine groups is 1. The number of carbonyl (C=O) groups excluding carboxylic acids is 1. The molecule has 1 amide bonds. The molecule has 3 rings (SSSR count). The van der Waals surface area contributed by atoms with E-state index in [-0.39, 0.29) is 17.5 Å². The number of nitriles is 1. The Balaban J connectivity index is 1.51. The number of nitrogens with zero attached hydrogens (tertiary/aromatic N) is 3. The molecule has 0 aromatic heterocycles. The maximum Gasteiger partial charge on any atom is 0.305 e. The van der Waals surface area contributed by atoms with Gasteiger partial charge in [0.1, 0.15) is 17.6 Å². The summed E-state index contributed by atoms with van der Waals surface area (Å²) in [7, 11) is 0. The Morgan fingerprint density at radius 3 is 2.62 bits per heavy atom. The zero-order chi connectivity index (χ0) is 20.6. The zero-order valence-electron chi connectivity index (χ0n) is 15.1. The first-order valence-electron chi connectivity index (χ1n) is 8.56. The number of aliphatic carboxylic acids is 1. The monoisotopic (exact) mass is 408 g/mol. The van der Waals surface area contributed by atoms with Crippen LogP contribution in [0, 0.1) is 11.3 Å². The summed E-state index contributed by atoms with van der Waals surface area (Å²) in [5.41, 5.74) is 2.35. The summed E-state index contributed by atoms with van der Waals surface area (Å²) in [6.07, 6.45) is 1.26. The van der Waals surface area contributed by atoms with Crippen molar-refractivity contribution in [3.05, 3.63) is 65.2 Å². The van der Waals surface area contributed by atoms with Crippen molar-refractivity contribution in [1.82, 2.24) is 5.32 Å². The van der Waals surface area contributed by atoms with Gasteiger partial charge in [-0.1, -0.05) is 23.9 Å². The van der Waals surface area contributed by atoms with Gasteiger partial charge in [-0.15, -0.1) is 5.10 Å². The highest BCUT2D eigenvalue weighted by Gasteiger charge is 2.32. The molecule has 9 heteroatoms. The number of carboxylic acids is 1. The standard InChI is InChI=1S/C20H16N4O4S/c21-10-13-1-3-15(4-2-13)12-28-16-7-5-14(6-8-16)11-22-24-20-23-19(27)17(29-20)9-18(25)26/h1-8,11,17H,9,12H2,(H,25,26)(H,23,24,27). The van der Waals surface area contributed by atoms with Gasteiger partial charge in [0, 0.05) is 0 Å². The van der Waals surface area contributed by atoms with Gasteiger partial charge >= 0.3 is 5.97 Å². The first-order chi connectivity index (χ1) is 14.0. The predicted octanol–water partition coefficient (Wildman–Crippen LogP) is 2.53. The van der Waals surface area contributed by atoms with Gasteiger partial charge in [-0.25, -0.2) is 0 Å². The van der Waals surface area contributed by atoms with Crippen LogP contribution in [0.5, 0.6) is 5.75 Å². The number of nitrogens with one attached hydrogen (secondary N) is 1. The van der Waals surface area contributed by atoms with Gasteiger partial charge in [0.2, 0.25) is 5.91 Å². The lowest BCUT2D eigenvalue weighted by atomic mass is 10.1. The number of thioether (sulfide) groups is 1. The van der Waals surface area contributed by atoms with Gasteiger partial charge in [-0.05, 0) is 47.5 Å². The number of carbonyl (C=O) groups is 2. The molecule has 2 aromatic carbocycles. The lowest BCUT2D eigenvalue weighted by Crippen LogP contribution is -2.26. The minimum Gasteiger partial charge on any atom is -0.489 e. The normalized spacial score (nSPS) is 17.3. The molecular weight excluding hydrogens is 392 g/mol. The topological polar surface area (TPSA) is 124 Å². The van der Waals surface area contributed by atoms with Crippen molar-refractivity contribution in [2.45, 2.75) is 18.3 Å². The Bertz CT molecular complexity index is 995. The molecule has 1 atom stereocenters. The SMILES string of the molecule is N#Cc1ccc(COc2ccc(C=NN=C3NC(=O)C(CC(=O)O)S3)cc2)cc1. The highest BCUT2D eigenvalue weighted by molar-refractivity contribution is 8.15. The summed E-state index contributed by atoms with van der Waals surface area (Å²) >= 11 is 1.05. The molecule has 8 nitrogen and oxygen atoms in total. The van der Waals surface area contributed by atoms with Gasteiger partial charge in [-0.3, -0.25) is 9.59 Å². The maximum absolute atomic E-state index is 11.6. The van der Waals surface area contributed by atoms with Crippen LogP contribution in [-0.2, 0) is 16.2 Å². The number of benzene rings is 2. The average molecular weight is 408 g/mol. The van der Waals surface area contributed by atoms with Crippen molar-refractivity contribution in [1.29, 1.82) is 5.26 Å². The van der Waals surface area contributed by atoms with Crippen LogP contribution >= 0.6 is 11.8 Å². The summed E-state index contributed by atoms with van der Waals surface area (Å²) in [5.74, 6) is -0.730. The zero-order valence-corrected chi connectivity index (χ0v) is 15.9. The molecule has 0 radical (unpaired) electrons. The van der Waals surface area contributed by atoms with Crippen LogP contribution in [-0.4, -0.2) is 33.6 Å². The minimum absolute atomic E-state index is 0.261. The summed E-state index contributed by atoms with van der Waals surface area (Å²) in [5, 5.41) is 27.5. The molecule has 0 saturated carbocycles. The number of rotatable bonds is 7. The molecule has 1 heterocycles. The highest BCUT2D eigenvalue weighted by atomic mass is 32.2. The van der Waals surface area contributed by atoms with Crippen LogP contribution in [0.4, 0.5) is 0 Å². The molecule has 1 saturated heterocycles. The summed E-state index contributed by atoms with van der Waals surface area (Å²) < 4.78 is 5.71. The Morgan fingerprint density at radius 1 is 1.24 bits per heavy atom. The predicted molar refractivity (Wildman–Crippen MR) is 109 cm³/mol. The number of carboxylic acid groups (broad SMARTS) is 1. The molecule has 2 aromatic rings. The highest BCUT2D eigenvalue weighted by Crippen LogP contribution is 2.22. The van der Waals surface area contributed by atoms with E-state index in [4.69, 9.17) is 15.1 Å². The van der Waals surface area contributed by atoms with E-state index in [0.717, 1.165) is 22.9 Å². The van der Waals surface area contributed by atoms with Crippen molar-refractivity contribution in [2.24, 2.45) is 10.2 Å². The fourth-order valence-electron chi connectivity index (χ4n) is 2.39. The molecular formula is C20H16N4O4S. The van der Waals surface area contributed by atoms with Crippen molar-refractivity contribution in [3.63, 3.8) is 0 Å². The fourth-order valence-corrected chi connectivity index (χ4v) is 3.30. The first kappa shape index (κ1) is 20.1. The van der Waals surface area contributed by atoms with E-state index < -0.39 is 11.2 Å². The van der Waals surface area contributed by atoms with Crippen LogP contribution in [0.2, 0.25) is 0 Å². The Hall–Kier alpha value is -3.64. The molecule has 0 aliphatic carbocycles. The second-order valence-corrected chi connectivity index (χ2v) is 7.20. The molecule has 0 bridgehead atoms. The number of ether oxygens (including phenoxy) is 1. The van der Waals surface area contributed by atoms with Crippen molar-refractivity contribution in [3.8, 4) is 11.8 Å². The third-order valence-corrected chi connectivity index (χ3v) is 4.93. The quantitative estimate of drug-likeness (QED) is 0.536. The number of amides is 1. The third-order valence-electron chi connectivity index (χ3n) is 3.86. The Morgan fingerprint density at radius 2 is 1.97 bits per heavy atom. The van der Waals surface area contributed by atoms with Crippen LogP contribution in [0.1, 0.15) is 23.1 Å². The van der Waals surface area contributed by atoms with Crippen molar-refractivity contribution in [2.75, 3.05) is 0 Å². The average Bonchev–Trinajstić information content (AvgIpc) is 3.06. The van der Waals surface area contributed by atoms with E-state index in [1.54, 1.807) is 24.3 Å². The van der Waals surface area contributed by atoms with Gasteiger partial charge in [-0.2, -0.15) is 10.4 Å². The smallest absolute Gasteiger partial charge is 0.305 e. The van der Waals surface area contributed by atoms with Crippen LogP contribution < -0.4 is 10.1 Å². The molecule has 146 valence electrons. The summed E-state index contributed by atoms with van der Waals surface area (Å²) in [6, 6.07) is 16.5. The molecule has 1 aliphatic heterocycles. The number of hydrogen-bond acceptors (Lipinski definition) is 7. The lowest BCUT2D eigenvalue weighted by Gasteiger charge is -2.06. The van der Waals surface area contributed by atoms with Crippen LogP contribution in [0.3, 0.4) is 0 Å². The van der Waals surface area contributed by atoms with E-state index in [1.165, 1.54) is 6.21 Å². The molecule has 2 N–H and O–H groups in total. The molecule has 1 unspecified atom stereocenters. The summed E-state index contributed by atoms with van der Waals surface area (Å²) in [6.45, 7) is 0.390. The largest absolute Gasteiger partial charge is 0.489 e. The second kappa shape index (κ2) is 9.52. The molecule has 29 heavy (non-hydrogen) atoms. The van der Waals surface area contributed by atoms with Crippen LogP contribution in [0.25, 0.3) is 0 Å². The van der Waals surface area contributed by atoms with E-state index in [0.29, 0.717) is 17.9 Å². The minimum atomic E-state index is -1.04. The Kier molecular flexibility index (Phi) is 6.60. The van der Waals surface area contributed by atoms with E-state index in [1.807, 2.05) is 24.3 Å². The third kappa shape index (κ3) is 5.92. The van der Waals surface area contributed by atoms with Gasteiger partial charge in [0.25, 0.3) is 0 Å². The molecule has 1 aliphatic rings. The van der Waals surface area contributed by atoms with Gasteiger partial charge < -0.3 is 15.2 Å². The fraction of sp³-hybridized carbons (Fsp3) is 0.150. The van der Waals surface area contributed by atoms with Gasteiger partial charge in [0.15, 0.2) is 5.17 Å². The number of hydrogen-bond donors (Lipinski definition) is 2. The van der Waals surface area contributed by atoms with Crippen molar-refractivity contribution < 1.29 is 19.4 Å². The maximum atomic E-state index is 11.6. The van der Waals surface area contributed by atoms with Crippen molar-refractivity contribution >= 4 is 35.0 Å². The van der Waals surface area contributed by atoms with E-state index in [2.05, 4.69) is 21.6 Å². The summed E-state index contributed by atoms with van der Waals surface area (Å²) in [4.78, 5) is 22.3. The molecule has 1 fully saturated rings. The first-order valence-corrected chi connectivity index (χ1v) is 9.43. The van der Waals surface area contributed by atoms with Gasteiger partial charge in [0.05, 0.1) is 24.3 Å². The van der Waals surface area contributed by atoms with E-state index in [9.17, 15) is 9.59 Å². The van der Waals surface area contributed by atoms with Crippen LogP contribution in [0.15, 0.2) is 58.7 Å². The Labute approximate surface area is 170 Å². The lowest BCUT2D eigenvalue weighted by molar-refractivity contribution is -0.138. The second-order valence-electron chi connectivity index (χ2n) is 6.01.